The van der Waals surface area contributed by atoms with Gasteiger partial charge in [0.05, 0.1) is 29.7 Å². The summed E-state index contributed by atoms with van der Waals surface area (Å²) in [7, 11) is 1.63. The summed E-state index contributed by atoms with van der Waals surface area (Å²) in [6.07, 6.45) is 5.10. The number of methoxy groups -OCH3 is 1. The van der Waals surface area contributed by atoms with Crippen LogP contribution < -0.4 is 4.74 Å². The number of nitrogens with zero attached hydrogens (tertiary/aromatic N) is 4. The van der Waals surface area contributed by atoms with Crippen LogP contribution in [0.3, 0.4) is 0 Å². The van der Waals surface area contributed by atoms with Gasteiger partial charge in [-0.05, 0) is 57.9 Å². The van der Waals surface area contributed by atoms with Crippen LogP contribution in [0.25, 0.3) is 11.3 Å². The first-order valence-electron chi connectivity index (χ1n) is 9.59. The third-order valence-corrected chi connectivity index (χ3v) is 5.63. The number of imidazole rings is 1. The van der Waals surface area contributed by atoms with Crippen LogP contribution >= 0.6 is 31.9 Å². The number of aromatic nitrogens is 2. The zero-order valence-electron chi connectivity index (χ0n) is 17.0. The summed E-state index contributed by atoms with van der Waals surface area (Å²) in [5.74, 6) is 1.26. The first kappa shape index (κ1) is 22.0. The van der Waals surface area contributed by atoms with Gasteiger partial charge in [0.1, 0.15) is 11.5 Å². The number of aromatic hydroxyl groups is 1. The minimum Gasteiger partial charge on any atom is -0.506 e. The summed E-state index contributed by atoms with van der Waals surface area (Å²) >= 11 is 6.77. The van der Waals surface area contributed by atoms with Gasteiger partial charge in [-0.1, -0.05) is 46.3 Å². The van der Waals surface area contributed by atoms with Crippen molar-refractivity contribution in [3.8, 4) is 22.8 Å². The van der Waals surface area contributed by atoms with Crippen LogP contribution in [0.1, 0.15) is 11.1 Å². The molecule has 1 aromatic heterocycles. The van der Waals surface area contributed by atoms with Crippen LogP contribution in [-0.4, -0.2) is 34.3 Å². The fraction of sp³-hybridized carbons (Fsp3) is 0.0417. The minimum absolute atomic E-state index is 0.0973. The number of ether oxygens (including phenoxy) is 1. The van der Waals surface area contributed by atoms with Crippen LogP contribution in [0.15, 0.2) is 92.0 Å². The first-order chi connectivity index (χ1) is 15.5. The second-order valence-corrected chi connectivity index (χ2v) is 8.51. The molecule has 0 aliphatic heterocycles. The van der Waals surface area contributed by atoms with E-state index < -0.39 is 0 Å². The maximum Gasteiger partial charge on any atom is 0.251 e. The molecule has 1 N–H and O–H groups in total. The van der Waals surface area contributed by atoms with E-state index in [0.717, 1.165) is 27.0 Å². The molecule has 4 aromatic rings. The molecule has 6 nitrogen and oxygen atoms in total. The van der Waals surface area contributed by atoms with Crippen molar-refractivity contribution < 1.29 is 9.84 Å². The molecule has 0 radical (unpaired) electrons. The predicted octanol–water partition coefficient (Wildman–Crippen LogP) is 6.42. The number of hydrogen-bond acceptors (Lipinski definition) is 5. The summed E-state index contributed by atoms with van der Waals surface area (Å²) in [5, 5.41) is 14.9. The number of halogens is 2. The SMILES string of the molecule is COc1ccc(C=Nn2cc(-c3ccccc3)nc2/N=C/c2cc(Br)cc(Br)c2O)cc1. The van der Waals surface area contributed by atoms with Gasteiger partial charge in [-0.3, -0.25) is 0 Å². The molecule has 0 spiro atoms. The zero-order valence-corrected chi connectivity index (χ0v) is 20.2. The normalized spacial score (nSPS) is 11.5. The molecule has 8 heteroatoms. The molecule has 0 unspecified atom stereocenters. The van der Waals surface area contributed by atoms with Gasteiger partial charge in [0.25, 0.3) is 5.95 Å². The average molecular weight is 554 g/mol. The van der Waals surface area contributed by atoms with E-state index in [1.54, 1.807) is 36.3 Å². The lowest BCUT2D eigenvalue weighted by atomic mass is 10.2. The van der Waals surface area contributed by atoms with Crippen molar-refractivity contribution >= 4 is 50.2 Å². The van der Waals surface area contributed by atoms with Crippen LogP contribution in [0.2, 0.25) is 0 Å². The van der Waals surface area contributed by atoms with Crippen molar-refractivity contribution in [2.24, 2.45) is 10.1 Å². The van der Waals surface area contributed by atoms with Crippen LogP contribution in [-0.2, 0) is 0 Å². The predicted molar refractivity (Wildman–Crippen MR) is 134 cm³/mol. The van der Waals surface area contributed by atoms with E-state index >= 15 is 0 Å². The Balaban J connectivity index is 1.71. The highest BCUT2D eigenvalue weighted by Gasteiger charge is 2.10. The van der Waals surface area contributed by atoms with Crippen molar-refractivity contribution in [2.75, 3.05) is 7.11 Å². The van der Waals surface area contributed by atoms with Crippen molar-refractivity contribution in [3.05, 3.63) is 93.0 Å². The van der Waals surface area contributed by atoms with Gasteiger partial charge in [-0.15, -0.1) is 0 Å². The van der Waals surface area contributed by atoms with E-state index in [2.05, 4.69) is 46.9 Å². The lowest BCUT2D eigenvalue weighted by Crippen LogP contribution is -1.91. The highest BCUT2D eigenvalue weighted by Crippen LogP contribution is 2.31. The zero-order chi connectivity index (χ0) is 22.5. The number of phenols is 1. The summed E-state index contributed by atoms with van der Waals surface area (Å²) in [6, 6.07) is 20.9. The van der Waals surface area contributed by atoms with Gasteiger partial charge in [-0.2, -0.15) is 5.10 Å². The monoisotopic (exact) mass is 552 g/mol. The van der Waals surface area contributed by atoms with E-state index in [4.69, 9.17) is 4.74 Å². The van der Waals surface area contributed by atoms with Crippen LogP contribution in [0.4, 0.5) is 5.95 Å². The molecule has 0 saturated heterocycles. The number of aliphatic imine (C=N–C) groups is 1. The Bertz CT molecular complexity index is 1280. The summed E-state index contributed by atoms with van der Waals surface area (Å²) in [6.45, 7) is 0. The molecule has 0 bridgehead atoms. The fourth-order valence-corrected chi connectivity index (χ4v) is 4.17. The van der Waals surface area contributed by atoms with Crippen LogP contribution in [0.5, 0.6) is 11.5 Å². The van der Waals surface area contributed by atoms with Crippen molar-refractivity contribution in [1.29, 1.82) is 0 Å². The van der Waals surface area contributed by atoms with Crippen molar-refractivity contribution in [1.82, 2.24) is 9.66 Å². The second-order valence-electron chi connectivity index (χ2n) is 6.74. The smallest absolute Gasteiger partial charge is 0.251 e. The molecule has 32 heavy (non-hydrogen) atoms. The number of phenolic OH excluding ortho intramolecular Hbond substituents is 1. The Morgan fingerprint density at radius 1 is 1.00 bits per heavy atom. The maximum absolute atomic E-state index is 10.3. The van der Waals surface area contributed by atoms with E-state index in [1.165, 1.54) is 0 Å². The van der Waals surface area contributed by atoms with Crippen LogP contribution in [0, 0.1) is 0 Å². The number of hydrogen-bond donors (Lipinski definition) is 1. The molecule has 0 amide bonds. The molecule has 3 aromatic carbocycles. The molecule has 0 atom stereocenters. The van der Waals surface area contributed by atoms with Gasteiger partial charge in [0.2, 0.25) is 0 Å². The van der Waals surface area contributed by atoms with Gasteiger partial charge in [0, 0.05) is 21.8 Å². The fourth-order valence-electron chi connectivity index (χ4n) is 2.91. The van der Waals surface area contributed by atoms with Gasteiger partial charge >= 0.3 is 0 Å². The molecule has 0 aliphatic carbocycles. The Morgan fingerprint density at radius 3 is 2.47 bits per heavy atom. The van der Waals surface area contributed by atoms with E-state index in [1.807, 2.05) is 60.8 Å². The molecule has 1 heterocycles. The Morgan fingerprint density at radius 2 is 1.75 bits per heavy atom. The lowest BCUT2D eigenvalue weighted by molar-refractivity contribution is 0.415. The number of benzene rings is 3. The Kier molecular flexibility index (Phi) is 6.82. The molecular formula is C24H18Br2N4O2. The highest BCUT2D eigenvalue weighted by molar-refractivity contribution is 9.11. The van der Waals surface area contributed by atoms with Gasteiger partial charge in [0.15, 0.2) is 0 Å². The molecule has 0 aliphatic rings. The topological polar surface area (TPSA) is 72.0 Å². The third-order valence-electron chi connectivity index (χ3n) is 4.56. The standard InChI is InChI=1S/C24H18Br2N4O2/c1-32-20-9-7-16(8-10-20)13-28-30-15-22(17-5-3-2-4-6-17)29-24(30)27-14-18-11-19(25)12-21(26)23(18)31/h2-15,31H,1H3/b27-14+,28-13?. The highest BCUT2D eigenvalue weighted by atomic mass is 79.9. The molecule has 4 rings (SSSR count). The van der Waals surface area contributed by atoms with Gasteiger partial charge in [-0.25, -0.2) is 14.7 Å². The summed E-state index contributed by atoms with van der Waals surface area (Å²) < 4.78 is 8.19. The average Bonchev–Trinajstić information content (AvgIpc) is 3.23. The second kappa shape index (κ2) is 9.93. The molecule has 0 saturated carbocycles. The largest absolute Gasteiger partial charge is 0.506 e. The summed E-state index contributed by atoms with van der Waals surface area (Å²) in [4.78, 5) is 9.13. The number of rotatable bonds is 6. The lowest BCUT2D eigenvalue weighted by Gasteiger charge is -2.03. The third kappa shape index (κ3) is 5.15. The van der Waals surface area contributed by atoms with E-state index in [-0.39, 0.29) is 5.75 Å². The maximum atomic E-state index is 10.3. The van der Waals surface area contributed by atoms with Crippen molar-refractivity contribution in [2.45, 2.75) is 0 Å². The quantitative estimate of drug-likeness (QED) is 0.280. The Labute approximate surface area is 202 Å². The first-order valence-corrected chi connectivity index (χ1v) is 11.2. The Hall–Kier alpha value is -3.23. The summed E-state index contributed by atoms with van der Waals surface area (Å²) in [5.41, 5.74) is 3.14. The van der Waals surface area contributed by atoms with E-state index in [0.29, 0.717) is 16.0 Å². The molecule has 160 valence electrons. The minimum atomic E-state index is 0.0973. The van der Waals surface area contributed by atoms with Crippen molar-refractivity contribution in [3.63, 3.8) is 0 Å². The van der Waals surface area contributed by atoms with E-state index in [9.17, 15) is 5.11 Å². The molecular weight excluding hydrogens is 536 g/mol. The molecule has 0 fully saturated rings. The van der Waals surface area contributed by atoms with Gasteiger partial charge < -0.3 is 9.84 Å².